The summed E-state index contributed by atoms with van der Waals surface area (Å²) in [6, 6.07) is 12.4. The molecule has 1 saturated heterocycles. The molecule has 0 radical (unpaired) electrons. The maximum atomic E-state index is 13.0. The number of morpholine rings is 1. The highest BCUT2D eigenvalue weighted by Crippen LogP contribution is 2.32. The Morgan fingerprint density at radius 1 is 1.30 bits per heavy atom. The fourth-order valence-electron chi connectivity index (χ4n) is 4.01. The lowest BCUT2D eigenvalue weighted by Crippen LogP contribution is -2.43. The molecule has 5 heteroatoms. The summed E-state index contributed by atoms with van der Waals surface area (Å²) in [7, 11) is 0. The Morgan fingerprint density at radius 2 is 2.07 bits per heavy atom. The lowest BCUT2D eigenvalue weighted by Gasteiger charge is -2.31. The van der Waals surface area contributed by atoms with Gasteiger partial charge in [0.15, 0.2) is 0 Å². The standard InChI is InChI=1S/C22H28N2O2S/c1-16-7-8-20-18(13-16)14-21(27-20)22(25)23-19(17-5-3-2-4-6-17)15-24-9-11-26-12-10-24/h2-6,14,16,19H,7-13,15H2,1H3,(H,23,25)/t16-,19+/m1/s1. The van der Waals surface area contributed by atoms with Crippen molar-refractivity contribution in [1.82, 2.24) is 10.2 Å². The maximum Gasteiger partial charge on any atom is 0.261 e. The van der Waals surface area contributed by atoms with Gasteiger partial charge in [0, 0.05) is 24.5 Å². The van der Waals surface area contributed by atoms with Crippen molar-refractivity contribution in [1.29, 1.82) is 0 Å². The summed E-state index contributed by atoms with van der Waals surface area (Å²) in [4.78, 5) is 17.7. The van der Waals surface area contributed by atoms with Gasteiger partial charge in [-0.3, -0.25) is 9.69 Å². The van der Waals surface area contributed by atoms with Gasteiger partial charge in [0.25, 0.3) is 5.91 Å². The number of benzene rings is 1. The number of carbonyl (C=O) groups is 1. The first kappa shape index (κ1) is 18.7. The summed E-state index contributed by atoms with van der Waals surface area (Å²) in [6.45, 7) is 6.50. The van der Waals surface area contributed by atoms with E-state index in [-0.39, 0.29) is 11.9 Å². The van der Waals surface area contributed by atoms with E-state index in [1.807, 2.05) is 18.2 Å². The molecule has 4 nitrogen and oxygen atoms in total. The van der Waals surface area contributed by atoms with E-state index in [1.165, 1.54) is 16.9 Å². The molecule has 1 aliphatic heterocycles. The Morgan fingerprint density at radius 3 is 2.85 bits per heavy atom. The first-order valence-electron chi connectivity index (χ1n) is 9.96. The van der Waals surface area contributed by atoms with Crippen LogP contribution in [0.15, 0.2) is 36.4 Å². The first-order chi connectivity index (χ1) is 13.2. The number of amides is 1. The summed E-state index contributed by atoms with van der Waals surface area (Å²) >= 11 is 1.68. The van der Waals surface area contributed by atoms with E-state index in [0.29, 0.717) is 0 Å². The number of nitrogens with zero attached hydrogens (tertiary/aromatic N) is 1. The van der Waals surface area contributed by atoms with Crippen LogP contribution in [0.3, 0.4) is 0 Å². The number of nitrogens with one attached hydrogen (secondary N) is 1. The number of fused-ring (bicyclic) bond motifs is 1. The molecule has 2 heterocycles. The Labute approximate surface area is 165 Å². The number of hydrogen-bond donors (Lipinski definition) is 1. The summed E-state index contributed by atoms with van der Waals surface area (Å²) in [5, 5.41) is 3.31. The summed E-state index contributed by atoms with van der Waals surface area (Å²) < 4.78 is 5.47. The van der Waals surface area contributed by atoms with Crippen LogP contribution in [0.25, 0.3) is 0 Å². The van der Waals surface area contributed by atoms with Crippen LogP contribution in [-0.2, 0) is 17.6 Å². The molecule has 0 bridgehead atoms. The van der Waals surface area contributed by atoms with Gasteiger partial charge in [-0.05, 0) is 42.4 Å². The fourth-order valence-corrected chi connectivity index (χ4v) is 5.12. The molecule has 0 unspecified atom stereocenters. The first-order valence-corrected chi connectivity index (χ1v) is 10.8. The summed E-state index contributed by atoms with van der Waals surface area (Å²) in [6.07, 6.45) is 3.46. The van der Waals surface area contributed by atoms with Crippen LogP contribution in [0.1, 0.15) is 45.1 Å². The van der Waals surface area contributed by atoms with E-state index in [4.69, 9.17) is 4.74 Å². The number of rotatable bonds is 5. The SMILES string of the molecule is C[C@@H]1CCc2sc(C(=O)N[C@@H](CN3CCOCC3)c3ccccc3)cc2C1. The minimum Gasteiger partial charge on any atom is -0.379 e. The average Bonchev–Trinajstić information content (AvgIpc) is 3.12. The largest absolute Gasteiger partial charge is 0.379 e. The van der Waals surface area contributed by atoms with E-state index in [2.05, 4.69) is 35.3 Å². The molecule has 1 aromatic heterocycles. The quantitative estimate of drug-likeness (QED) is 0.855. The van der Waals surface area contributed by atoms with Crippen LogP contribution in [0.2, 0.25) is 0 Å². The van der Waals surface area contributed by atoms with Gasteiger partial charge in [0.1, 0.15) is 0 Å². The Bertz CT molecular complexity index is 768. The Kier molecular flexibility index (Phi) is 5.91. The smallest absolute Gasteiger partial charge is 0.261 e. The highest BCUT2D eigenvalue weighted by Gasteiger charge is 2.24. The molecule has 1 fully saturated rings. The Balaban J connectivity index is 1.49. The van der Waals surface area contributed by atoms with Crippen molar-refractivity contribution in [2.75, 3.05) is 32.8 Å². The van der Waals surface area contributed by atoms with Crippen LogP contribution in [-0.4, -0.2) is 43.7 Å². The van der Waals surface area contributed by atoms with Crippen molar-refractivity contribution < 1.29 is 9.53 Å². The zero-order valence-electron chi connectivity index (χ0n) is 15.9. The third-order valence-corrected chi connectivity index (χ3v) is 6.84. The predicted molar refractivity (Wildman–Crippen MR) is 109 cm³/mol. The number of ether oxygens (including phenoxy) is 1. The van der Waals surface area contributed by atoms with Crippen LogP contribution in [0, 0.1) is 5.92 Å². The molecule has 2 aromatic rings. The molecule has 2 aliphatic rings. The minimum absolute atomic E-state index is 0.00477. The zero-order valence-corrected chi connectivity index (χ0v) is 16.8. The number of carbonyl (C=O) groups excluding carboxylic acids is 1. The normalized spacial score (nSPS) is 21.4. The summed E-state index contributed by atoms with van der Waals surface area (Å²) in [5.41, 5.74) is 2.54. The lowest BCUT2D eigenvalue weighted by atomic mass is 9.90. The molecule has 0 spiro atoms. The topological polar surface area (TPSA) is 41.6 Å². The van der Waals surface area contributed by atoms with Crippen molar-refractivity contribution in [2.24, 2.45) is 5.92 Å². The van der Waals surface area contributed by atoms with Gasteiger partial charge in [-0.1, -0.05) is 37.3 Å². The molecule has 1 aromatic carbocycles. The molecule has 1 amide bonds. The van der Waals surface area contributed by atoms with Crippen molar-refractivity contribution in [2.45, 2.75) is 32.2 Å². The fraction of sp³-hybridized carbons (Fsp3) is 0.500. The van der Waals surface area contributed by atoms with Crippen LogP contribution in [0.4, 0.5) is 0 Å². The third kappa shape index (κ3) is 4.60. The molecular weight excluding hydrogens is 356 g/mol. The second kappa shape index (κ2) is 8.55. The van der Waals surface area contributed by atoms with Crippen LogP contribution < -0.4 is 5.32 Å². The van der Waals surface area contributed by atoms with E-state index < -0.39 is 0 Å². The molecular formula is C22H28N2O2S. The maximum absolute atomic E-state index is 13.0. The number of hydrogen-bond acceptors (Lipinski definition) is 4. The zero-order chi connectivity index (χ0) is 18.6. The molecule has 0 saturated carbocycles. The lowest BCUT2D eigenvalue weighted by molar-refractivity contribution is 0.0332. The van der Waals surface area contributed by atoms with Crippen LogP contribution >= 0.6 is 11.3 Å². The van der Waals surface area contributed by atoms with Gasteiger partial charge in [-0.2, -0.15) is 0 Å². The second-order valence-corrected chi connectivity index (χ2v) is 8.89. The van der Waals surface area contributed by atoms with E-state index in [1.54, 1.807) is 11.3 Å². The van der Waals surface area contributed by atoms with Crippen molar-refractivity contribution in [3.63, 3.8) is 0 Å². The van der Waals surface area contributed by atoms with Gasteiger partial charge in [0.05, 0.1) is 24.1 Å². The van der Waals surface area contributed by atoms with E-state index >= 15 is 0 Å². The van der Waals surface area contributed by atoms with Crippen molar-refractivity contribution >= 4 is 17.2 Å². The average molecular weight is 385 g/mol. The Hall–Kier alpha value is -1.69. The van der Waals surface area contributed by atoms with E-state index in [9.17, 15) is 4.79 Å². The molecule has 2 atom stereocenters. The summed E-state index contributed by atoms with van der Waals surface area (Å²) in [5.74, 6) is 0.783. The van der Waals surface area contributed by atoms with Gasteiger partial charge in [-0.25, -0.2) is 0 Å². The van der Waals surface area contributed by atoms with E-state index in [0.717, 1.165) is 62.0 Å². The molecule has 1 aliphatic carbocycles. The minimum atomic E-state index is -0.00477. The predicted octanol–water partition coefficient (Wildman–Crippen LogP) is 3.68. The monoisotopic (exact) mass is 384 g/mol. The van der Waals surface area contributed by atoms with Gasteiger partial charge >= 0.3 is 0 Å². The van der Waals surface area contributed by atoms with Gasteiger partial charge < -0.3 is 10.1 Å². The third-order valence-electron chi connectivity index (χ3n) is 5.60. The highest BCUT2D eigenvalue weighted by molar-refractivity contribution is 7.14. The molecule has 27 heavy (non-hydrogen) atoms. The van der Waals surface area contributed by atoms with Crippen LogP contribution in [0.5, 0.6) is 0 Å². The van der Waals surface area contributed by atoms with Crippen molar-refractivity contribution in [3.8, 4) is 0 Å². The molecule has 4 rings (SSSR count). The highest BCUT2D eigenvalue weighted by atomic mass is 32.1. The van der Waals surface area contributed by atoms with Gasteiger partial charge in [0.2, 0.25) is 0 Å². The second-order valence-electron chi connectivity index (χ2n) is 7.76. The molecule has 1 N–H and O–H groups in total. The number of aryl methyl sites for hydroxylation is 1. The number of thiophene rings is 1. The van der Waals surface area contributed by atoms with Gasteiger partial charge in [-0.15, -0.1) is 11.3 Å². The van der Waals surface area contributed by atoms with Crippen molar-refractivity contribution in [3.05, 3.63) is 57.3 Å². The molecule has 144 valence electrons.